The van der Waals surface area contributed by atoms with E-state index in [0.717, 1.165) is 37.3 Å². The van der Waals surface area contributed by atoms with Gasteiger partial charge in [-0.3, -0.25) is 9.69 Å². The molecule has 0 radical (unpaired) electrons. The maximum atomic E-state index is 13.0. The van der Waals surface area contributed by atoms with E-state index in [1.165, 1.54) is 11.1 Å². The largest absolute Gasteiger partial charge is 0.338 e. The van der Waals surface area contributed by atoms with Crippen molar-refractivity contribution in [2.75, 3.05) is 39.8 Å². The molecular formula is C21H30ClN3O3S. The minimum absolute atomic E-state index is 0.0722. The van der Waals surface area contributed by atoms with E-state index in [4.69, 9.17) is 11.6 Å². The van der Waals surface area contributed by atoms with E-state index in [1.807, 2.05) is 19.2 Å². The van der Waals surface area contributed by atoms with Crippen LogP contribution in [0.2, 0.25) is 5.02 Å². The smallest absolute Gasteiger partial charge is 0.240 e. The predicted octanol–water partition coefficient (Wildman–Crippen LogP) is 2.46. The number of nitrogens with zero attached hydrogens (tertiary/aromatic N) is 3. The zero-order chi connectivity index (χ0) is 20.8. The SMILES string of the molecule is Cc1cc(Cl)ccc1C1CCN(S(=O)(=O)C2CN(C(=O)[C@@H]3CCCN3C)C2)CC1. The number of likely N-dealkylation sites (tertiary alicyclic amines) is 2. The molecule has 1 amide bonds. The Morgan fingerprint density at radius 3 is 2.38 bits per heavy atom. The normalized spacial score (nSPS) is 25.3. The highest BCUT2D eigenvalue weighted by Gasteiger charge is 2.45. The number of likely N-dealkylation sites (N-methyl/N-ethyl adjacent to an activating group) is 1. The quantitative estimate of drug-likeness (QED) is 0.723. The van der Waals surface area contributed by atoms with Crippen LogP contribution in [0.5, 0.6) is 0 Å². The molecule has 0 spiro atoms. The van der Waals surface area contributed by atoms with Crippen LogP contribution < -0.4 is 0 Å². The Kier molecular flexibility index (Phi) is 5.95. The summed E-state index contributed by atoms with van der Waals surface area (Å²) in [6.07, 6.45) is 3.55. The van der Waals surface area contributed by atoms with Gasteiger partial charge in [0.15, 0.2) is 0 Å². The average molecular weight is 440 g/mol. The van der Waals surface area contributed by atoms with Gasteiger partial charge in [0.05, 0.1) is 6.04 Å². The fourth-order valence-corrected chi connectivity index (χ4v) is 7.07. The van der Waals surface area contributed by atoms with E-state index < -0.39 is 15.3 Å². The van der Waals surface area contributed by atoms with Crippen molar-refractivity contribution in [3.63, 3.8) is 0 Å². The van der Waals surface area contributed by atoms with Crippen LogP contribution in [0.3, 0.4) is 0 Å². The summed E-state index contributed by atoms with van der Waals surface area (Å²) < 4.78 is 27.7. The van der Waals surface area contributed by atoms with E-state index in [1.54, 1.807) is 9.21 Å². The van der Waals surface area contributed by atoms with Crippen molar-refractivity contribution in [2.45, 2.75) is 49.8 Å². The van der Waals surface area contributed by atoms with Crippen molar-refractivity contribution < 1.29 is 13.2 Å². The van der Waals surface area contributed by atoms with E-state index in [2.05, 4.69) is 17.9 Å². The minimum Gasteiger partial charge on any atom is -0.338 e. The lowest BCUT2D eigenvalue weighted by atomic mass is 9.87. The first-order valence-electron chi connectivity index (χ1n) is 10.5. The summed E-state index contributed by atoms with van der Waals surface area (Å²) in [7, 11) is -1.38. The lowest BCUT2D eigenvalue weighted by molar-refractivity contribution is -0.138. The van der Waals surface area contributed by atoms with Gasteiger partial charge in [0.25, 0.3) is 0 Å². The summed E-state index contributed by atoms with van der Waals surface area (Å²) in [5.74, 6) is 0.462. The molecule has 0 saturated carbocycles. The predicted molar refractivity (Wildman–Crippen MR) is 115 cm³/mol. The first-order valence-corrected chi connectivity index (χ1v) is 12.4. The summed E-state index contributed by atoms with van der Waals surface area (Å²) in [6.45, 7) is 4.76. The van der Waals surface area contributed by atoms with Crippen molar-refractivity contribution >= 4 is 27.5 Å². The van der Waals surface area contributed by atoms with Crippen LogP contribution in [0.15, 0.2) is 18.2 Å². The number of sulfonamides is 1. The average Bonchev–Trinajstić information content (AvgIpc) is 3.06. The number of rotatable bonds is 4. The van der Waals surface area contributed by atoms with E-state index in [0.29, 0.717) is 32.1 Å². The fraction of sp³-hybridized carbons (Fsp3) is 0.667. The Balaban J connectivity index is 1.32. The first-order chi connectivity index (χ1) is 13.8. The fourth-order valence-electron chi connectivity index (χ4n) is 4.97. The number of piperidine rings is 1. The lowest BCUT2D eigenvalue weighted by Gasteiger charge is -2.43. The molecule has 3 aliphatic rings. The van der Waals surface area contributed by atoms with Crippen LogP contribution in [0.1, 0.15) is 42.7 Å². The van der Waals surface area contributed by atoms with Crippen molar-refractivity contribution in [1.82, 2.24) is 14.1 Å². The summed E-state index contributed by atoms with van der Waals surface area (Å²) >= 11 is 6.06. The molecule has 0 aliphatic carbocycles. The van der Waals surface area contributed by atoms with Gasteiger partial charge in [0.2, 0.25) is 15.9 Å². The highest BCUT2D eigenvalue weighted by molar-refractivity contribution is 7.89. The second-order valence-electron chi connectivity index (χ2n) is 8.72. The highest BCUT2D eigenvalue weighted by Crippen LogP contribution is 2.34. The molecule has 3 fully saturated rings. The molecule has 0 unspecified atom stereocenters. The number of carbonyl (C=O) groups is 1. The molecule has 0 bridgehead atoms. The number of hydrogen-bond acceptors (Lipinski definition) is 4. The Bertz CT molecular complexity index is 877. The van der Waals surface area contributed by atoms with Gasteiger partial charge in [0.1, 0.15) is 5.25 Å². The van der Waals surface area contributed by atoms with E-state index in [9.17, 15) is 13.2 Å². The van der Waals surface area contributed by atoms with Gasteiger partial charge >= 0.3 is 0 Å². The molecule has 3 saturated heterocycles. The number of aryl methyl sites for hydroxylation is 1. The van der Waals surface area contributed by atoms with Gasteiger partial charge in [-0.1, -0.05) is 17.7 Å². The van der Waals surface area contributed by atoms with Crippen LogP contribution in [0.4, 0.5) is 0 Å². The second kappa shape index (κ2) is 8.17. The molecule has 6 nitrogen and oxygen atoms in total. The van der Waals surface area contributed by atoms with Gasteiger partial charge in [-0.2, -0.15) is 0 Å². The van der Waals surface area contributed by atoms with Crippen molar-refractivity contribution in [3.8, 4) is 0 Å². The molecule has 1 atom stereocenters. The second-order valence-corrected chi connectivity index (χ2v) is 11.4. The zero-order valence-electron chi connectivity index (χ0n) is 17.2. The standard InChI is InChI=1S/C21H30ClN3O3S/c1-15-12-17(22)5-6-19(15)16-7-10-25(11-8-16)29(27,28)18-13-24(14-18)21(26)20-4-3-9-23(20)2/h5-6,12,16,18,20H,3-4,7-11,13-14H2,1-2H3/t20-/m0/s1. The highest BCUT2D eigenvalue weighted by atomic mass is 35.5. The van der Waals surface area contributed by atoms with E-state index in [-0.39, 0.29) is 11.9 Å². The molecule has 0 aromatic heterocycles. The molecule has 3 heterocycles. The van der Waals surface area contributed by atoms with E-state index >= 15 is 0 Å². The third-order valence-electron chi connectivity index (χ3n) is 6.87. The molecule has 160 valence electrons. The molecule has 1 aromatic rings. The lowest BCUT2D eigenvalue weighted by Crippen LogP contribution is -2.62. The van der Waals surface area contributed by atoms with Gasteiger partial charge in [-0.15, -0.1) is 0 Å². The van der Waals surface area contributed by atoms with Crippen molar-refractivity contribution in [2.24, 2.45) is 0 Å². The third kappa shape index (κ3) is 4.07. The summed E-state index contributed by atoms with van der Waals surface area (Å²) in [5, 5.41) is 0.283. The maximum Gasteiger partial charge on any atom is 0.240 e. The summed E-state index contributed by atoms with van der Waals surface area (Å²) in [4.78, 5) is 16.4. The molecule has 4 rings (SSSR count). The monoisotopic (exact) mass is 439 g/mol. The molecular weight excluding hydrogens is 410 g/mol. The molecule has 8 heteroatoms. The molecule has 29 heavy (non-hydrogen) atoms. The van der Waals surface area contributed by atoms with Crippen LogP contribution in [-0.4, -0.2) is 79.5 Å². The third-order valence-corrected chi connectivity index (χ3v) is 9.33. The van der Waals surface area contributed by atoms with Gasteiger partial charge < -0.3 is 4.90 Å². The van der Waals surface area contributed by atoms with Crippen LogP contribution in [0, 0.1) is 6.92 Å². The topological polar surface area (TPSA) is 60.9 Å². The van der Waals surface area contributed by atoms with Gasteiger partial charge in [0, 0.05) is 31.2 Å². The molecule has 3 aliphatic heterocycles. The number of carbonyl (C=O) groups excluding carboxylic acids is 1. The molecule has 0 N–H and O–H groups in total. The summed E-state index contributed by atoms with van der Waals surface area (Å²) in [6, 6.07) is 5.88. The Morgan fingerprint density at radius 2 is 1.79 bits per heavy atom. The molecule has 1 aromatic carbocycles. The zero-order valence-corrected chi connectivity index (χ0v) is 18.8. The van der Waals surface area contributed by atoms with Gasteiger partial charge in [-0.25, -0.2) is 12.7 Å². The Labute approximate surface area is 178 Å². The summed E-state index contributed by atoms with van der Waals surface area (Å²) in [5.41, 5.74) is 2.44. The minimum atomic E-state index is -3.35. The maximum absolute atomic E-state index is 13.0. The van der Waals surface area contributed by atoms with Crippen molar-refractivity contribution in [1.29, 1.82) is 0 Å². The Hall–Kier alpha value is -1.15. The number of amides is 1. The number of halogens is 1. The van der Waals surface area contributed by atoms with Crippen LogP contribution in [-0.2, 0) is 14.8 Å². The van der Waals surface area contributed by atoms with Crippen molar-refractivity contribution in [3.05, 3.63) is 34.3 Å². The van der Waals surface area contributed by atoms with Crippen LogP contribution >= 0.6 is 11.6 Å². The number of hydrogen-bond donors (Lipinski definition) is 0. The number of benzene rings is 1. The first kappa shape index (κ1) is 21.1. The Morgan fingerprint density at radius 1 is 1.10 bits per heavy atom. The van der Waals surface area contributed by atoms with Gasteiger partial charge in [-0.05, 0) is 75.4 Å². The van der Waals surface area contributed by atoms with Crippen LogP contribution in [0.25, 0.3) is 0 Å².